The zero-order chi connectivity index (χ0) is 20.5. The van der Waals surface area contributed by atoms with Crippen molar-refractivity contribution in [3.8, 4) is 22.9 Å². The summed E-state index contributed by atoms with van der Waals surface area (Å²) in [4.78, 5) is 16.5. The Morgan fingerprint density at radius 1 is 1.14 bits per heavy atom. The molecule has 1 atom stereocenters. The molecular weight excluding hydrogens is 358 g/mol. The van der Waals surface area contributed by atoms with Gasteiger partial charge >= 0.3 is 0 Å². The van der Waals surface area contributed by atoms with Gasteiger partial charge in [-0.25, -0.2) is 0 Å². The van der Waals surface area contributed by atoms with E-state index in [9.17, 15) is 4.79 Å². The van der Waals surface area contributed by atoms with Crippen LogP contribution in [0.15, 0.2) is 22.7 Å². The van der Waals surface area contributed by atoms with Gasteiger partial charge in [0.25, 0.3) is 0 Å². The predicted octanol–water partition coefficient (Wildman–Crippen LogP) is 4.02. The van der Waals surface area contributed by atoms with Crippen molar-refractivity contribution in [3.63, 3.8) is 0 Å². The van der Waals surface area contributed by atoms with Crippen molar-refractivity contribution in [3.05, 3.63) is 24.1 Å². The molecule has 0 spiro atoms. The molecule has 1 aromatic heterocycles. The van der Waals surface area contributed by atoms with Crippen LogP contribution in [0, 0.1) is 5.92 Å². The molecule has 1 amide bonds. The van der Waals surface area contributed by atoms with Crippen molar-refractivity contribution >= 4 is 5.91 Å². The van der Waals surface area contributed by atoms with Crippen LogP contribution in [0.4, 0.5) is 0 Å². The van der Waals surface area contributed by atoms with Crippen molar-refractivity contribution in [1.82, 2.24) is 15.5 Å². The van der Waals surface area contributed by atoms with Gasteiger partial charge in [0.15, 0.2) is 11.5 Å². The number of methoxy groups -OCH3 is 2. The van der Waals surface area contributed by atoms with Gasteiger partial charge in [-0.2, -0.15) is 4.98 Å². The van der Waals surface area contributed by atoms with Gasteiger partial charge in [0.1, 0.15) is 0 Å². The molecule has 1 N–H and O–H groups in total. The van der Waals surface area contributed by atoms with Crippen LogP contribution >= 0.6 is 0 Å². The van der Waals surface area contributed by atoms with Crippen LogP contribution in [0.1, 0.15) is 52.3 Å². The first-order chi connectivity index (χ1) is 13.4. The zero-order valence-electron chi connectivity index (χ0n) is 17.4. The number of hydrogen-bond acceptors (Lipinski definition) is 6. The Morgan fingerprint density at radius 3 is 2.57 bits per heavy atom. The Kier molecular flexibility index (Phi) is 8.29. The number of ether oxygens (including phenoxy) is 2. The third-order valence-electron chi connectivity index (χ3n) is 4.50. The fraction of sp³-hybridized carbons (Fsp3) is 0.571. The van der Waals surface area contributed by atoms with E-state index in [2.05, 4.69) is 29.3 Å². The number of aryl methyl sites for hydroxylation is 1. The van der Waals surface area contributed by atoms with E-state index in [-0.39, 0.29) is 11.9 Å². The molecule has 0 radical (unpaired) electrons. The van der Waals surface area contributed by atoms with Crippen molar-refractivity contribution in [2.45, 2.75) is 58.9 Å². The number of hydrogen-bond donors (Lipinski definition) is 1. The number of nitrogens with zero attached hydrogens (tertiary/aromatic N) is 2. The largest absolute Gasteiger partial charge is 0.493 e. The molecule has 0 saturated heterocycles. The van der Waals surface area contributed by atoms with E-state index in [1.54, 1.807) is 26.4 Å². The molecule has 2 rings (SSSR count). The highest BCUT2D eigenvalue weighted by Gasteiger charge is 2.14. The fourth-order valence-electron chi connectivity index (χ4n) is 2.92. The minimum Gasteiger partial charge on any atom is -0.493 e. The first kappa shape index (κ1) is 21.7. The summed E-state index contributed by atoms with van der Waals surface area (Å²) in [5.74, 6) is 2.82. The molecule has 0 aliphatic rings. The van der Waals surface area contributed by atoms with E-state index in [0.29, 0.717) is 42.0 Å². The molecule has 0 aliphatic heterocycles. The van der Waals surface area contributed by atoms with Gasteiger partial charge in [-0.1, -0.05) is 31.8 Å². The number of benzene rings is 1. The SMILES string of the molecule is COc1ccc(-c2noc(CCC(=O)N[C@@H](C)CCCC(C)C)n2)cc1OC. The maximum absolute atomic E-state index is 12.1. The molecule has 0 fully saturated rings. The van der Waals surface area contributed by atoms with Crippen LogP contribution in [0.5, 0.6) is 11.5 Å². The highest BCUT2D eigenvalue weighted by molar-refractivity contribution is 5.76. The lowest BCUT2D eigenvalue weighted by molar-refractivity contribution is -0.121. The number of carbonyl (C=O) groups is 1. The molecule has 0 saturated carbocycles. The average Bonchev–Trinajstić information content (AvgIpc) is 3.14. The Labute approximate surface area is 166 Å². The van der Waals surface area contributed by atoms with Crippen molar-refractivity contribution in [1.29, 1.82) is 0 Å². The second-order valence-corrected chi connectivity index (χ2v) is 7.37. The first-order valence-electron chi connectivity index (χ1n) is 9.77. The summed E-state index contributed by atoms with van der Waals surface area (Å²) in [7, 11) is 3.16. The molecule has 154 valence electrons. The van der Waals surface area contributed by atoms with Gasteiger partial charge in [-0.05, 0) is 37.5 Å². The van der Waals surface area contributed by atoms with Crippen LogP contribution in [-0.2, 0) is 11.2 Å². The van der Waals surface area contributed by atoms with Crippen molar-refractivity contribution in [2.75, 3.05) is 14.2 Å². The number of nitrogens with one attached hydrogen (secondary N) is 1. The summed E-state index contributed by atoms with van der Waals surface area (Å²) in [5, 5.41) is 7.03. The first-order valence-corrected chi connectivity index (χ1v) is 9.77. The van der Waals surface area contributed by atoms with E-state index in [1.807, 2.05) is 13.0 Å². The summed E-state index contributed by atoms with van der Waals surface area (Å²) in [6, 6.07) is 5.59. The molecule has 0 bridgehead atoms. The molecule has 0 aliphatic carbocycles. The van der Waals surface area contributed by atoms with Crippen molar-refractivity contribution < 1.29 is 18.8 Å². The molecule has 1 aromatic carbocycles. The maximum atomic E-state index is 12.1. The maximum Gasteiger partial charge on any atom is 0.227 e. The van der Waals surface area contributed by atoms with Gasteiger partial charge in [-0.15, -0.1) is 0 Å². The molecular formula is C21H31N3O4. The second kappa shape index (κ2) is 10.7. The minimum absolute atomic E-state index is 0.00270. The van der Waals surface area contributed by atoms with E-state index in [4.69, 9.17) is 14.0 Å². The number of aromatic nitrogens is 2. The second-order valence-electron chi connectivity index (χ2n) is 7.37. The molecule has 28 heavy (non-hydrogen) atoms. The van der Waals surface area contributed by atoms with Crippen LogP contribution in [0.3, 0.4) is 0 Å². The molecule has 2 aromatic rings. The molecule has 7 nitrogen and oxygen atoms in total. The van der Waals surface area contributed by atoms with Gasteiger partial charge in [0.2, 0.25) is 17.6 Å². The number of rotatable bonds is 11. The monoisotopic (exact) mass is 389 g/mol. The summed E-state index contributed by atoms with van der Waals surface area (Å²) in [5.41, 5.74) is 0.760. The highest BCUT2D eigenvalue weighted by atomic mass is 16.5. The van der Waals surface area contributed by atoms with Gasteiger partial charge < -0.3 is 19.3 Å². The average molecular weight is 389 g/mol. The number of amides is 1. The van der Waals surface area contributed by atoms with Gasteiger partial charge in [-0.3, -0.25) is 4.79 Å². The smallest absolute Gasteiger partial charge is 0.227 e. The summed E-state index contributed by atoms with van der Waals surface area (Å²) in [6.07, 6.45) is 4.03. The van der Waals surface area contributed by atoms with Crippen LogP contribution in [0.2, 0.25) is 0 Å². The Balaban J connectivity index is 1.85. The standard InChI is InChI=1S/C21H31N3O4/c1-14(2)7-6-8-15(3)22-19(25)11-12-20-23-21(24-28-20)16-9-10-17(26-4)18(13-16)27-5/h9-10,13-15H,6-8,11-12H2,1-5H3,(H,22,25)/t15-/m0/s1. The van der Waals surface area contributed by atoms with E-state index >= 15 is 0 Å². The normalized spacial score (nSPS) is 12.1. The Bertz CT molecular complexity index is 758. The third kappa shape index (κ3) is 6.55. The topological polar surface area (TPSA) is 86.5 Å². The lowest BCUT2D eigenvalue weighted by atomic mass is 10.0. The summed E-state index contributed by atoms with van der Waals surface area (Å²) in [6.45, 7) is 6.47. The third-order valence-corrected chi connectivity index (χ3v) is 4.50. The minimum atomic E-state index is 0.00270. The lowest BCUT2D eigenvalue weighted by Crippen LogP contribution is -2.32. The molecule has 7 heteroatoms. The Morgan fingerprint density at radius 2 is 1.89 bits per heavy atom. The van der Waals surface area contributed by atoms with Gasteiger partial charge in [0.05, 0.1) is 14.2 Å². The lowest BCUT2D eigenvalue weighted by Gasteiger charge is -2.14. The zero-order valence-corrected chi connectivity index (χ0v) is 17.4. The van der Waals surface area contributed by atoms with E-state index in [1.165, 1.54) is 6.42 Å². The van der Waals surface area contributed by atoms with E-state index in [0.717, 1.165) is 18.4 Å². The van der Waals surface area contributed by atoms with Crippen LogP contribution in [0.25, 0.3) is 11.4 Å². The molecule has 0 unspecified atom stereocenters. The quantitative estimate of drug-likeness (QED) is 0.625. The number of carbonyl (C=O) groups excluding carboxylic acids is 1. The molecule has 1 heterocycles. The summed E-state index contributed by atoms with van der Waals surface area (Å²) >= 11 is 0. The fourth-order valence-corrected chi connectivity index (χ4v) is 2.92. The van der Waals surface area contributed by atoms with E-state index < -0.39 is 0 Å². The van der Waals surface area contributed by atoms with Crippen molar-refractivity contribution in [2.24, 2.45) is 5.92 Å². The Hall–Kier alpha value is -2.57. The van der Waals surface area contributed by atoms with Crippen LogP contribution in [-0.4, -0.2) is 36.3 Å². The predicted molar refractivity (Wildman–Crippen MR) is 107 cm³/mol. The van der Waals surface area contributed by atoms with Gasteiger partial charge in [0, 0.05) is 24.4 Å². The summed E-state index contributed by atoms with van der Waals surface area (Å²) < 4.78 is 15.8. The highest BCUT2D eigenvalue weighted by Crippen LogP contribution is 2.31. The van der Waals surface area contributed by atoms with Crippen LogP contribution < -0.4 is 14.8 Å².